The number of nitrogens with zero attached hydrogens (tertiary/aromatic N) is 1. The van der Waals surface area contributed by atoms with Crippen LogP contribution in [0.4, 0.5) is 5.69 Å². The molecule has 0 fully saturated rings. The summed E-state index contributed by atoms with van der Waals surface area (Å²) in [6.07, 6.45) is 2.86. The number of hydrogen-bond donors (Lipinski definition) is 1. The molecule has 0 amide bonds. The molecular formula is C17H23NO6. The lowest BCUT2D eigenvalue weighted by molar-refractivity contribution is -0.386. The second-order valence-corrected chi connectivity index (χ2v) is 5.55. The molecule has 1 aromatic carbocycles. The highest BCUT2D eigenvalue weighted by atomic mass is 16.6. The lowest BCUT2D eigenvalue weighted by Crippen LogP contribution is -2.03. The largest absolute Gasteiger partial charge is 0.502 e. The highest BCUT2D eigenvalue weighted by Crippen LogP contribution is 2.42. The van der Waals surface area contributed by atoms with E-state index in [9.17, 15) is 20.0 Å². The lowest BCUT2D eigenvalue weighted by Gasteiger charge is -2.15. The maximum Gasteiger partial charge on any atom is 0.314 e. The van der Waals surface area contributed by atoms with E-state index >= 15 is 0 Å². The van der Waals surface area contributed by atoms with Crippen LogP contribution in [0, 0.1) is 24.0 Å². The van der Waals surface area contributed by atoms with E-state index in [0.29, 0.717) is 28.9 Å². The minimum Gasteiger partial charge on any atom is -0.502 e. The number of aromatic hydroxyl groups is 1. The summed E-state index contributed by atoms with van der Waals surface area (Å²) in [6.45, 7) is 5.15. The summed E-state index contributed by atoms with van der Waals surface area (Å²) in [4.78, 5) is 21.8. The maximum atomic E-state index is 11.2. The fourth-order valence-electron chi connectivity index (χ4n) is 2.47. The van der Waals surface area contributed by atoms with Crippen LogP contribution in [0.3, 0.4) is 0 Å². The van der Waals surface area contributed by atoms with Crippen molar-refractivity contribution in [1.82, 2.24) is 0 Å². The van der Waals surface area contributed by atoms with Gasteiger partial charge in [-0.2, -0.15) is 0 Å². The van der Waals surface area contributed by atoms with Gasteiger partial charge in [0.2, 0.25) is 5.75 Å². The first-order valence-electron chi connectivity index (χ1n) is 7.50. The van der Waals surface area contributed by atoms with Gasteiger partial charge in [-0.05, 0) is 33.6 Å². The van der Waals surface area contributed by atoms with E-state index in [1.165, 1.54) is 14.2 Å². The van der Waals surface area contributed by atoms with Gasteiger partial charge in [-0.25, -0.2) is 0 Å². The van der Waals surface area contributed by atoms with Gasteiger partial charge in [0.1, 0.15) is 5.75 Å². The monoisotopic (exact) mass is 337 g/mol. The van der Waals surface area contributed by atoms with Gasteiger partial charge in [0, 0.05) is 23.1 Å². The molecule has 132 valence electrons. The van der Waals surface area contributed by atoms with Gasteiger partial charge in [0.15, 0.2) is 0 Å². The number of nitro benzene ring substituents is 1. The molecule has 0 spiro atoms. The summed E-state index contributed by atoms with van der Waals surface area (Å²) < 4.78 is 9.92. The summed E-state index contributed by atoms with van der Waals surface area (Å²) >= 11 is 0. The Morgan fingerprint density at radius 1 is 1.25 bits per heavy atom. The van der Waals surface area contributed by atoms with Gasteiger partial charge in [-0.3, -0.25) is 14.9 Å². The number of esters is 1. The Morgan fingerprint density at radius 2 is 1.88 bits per heavy atom. The molecule has 0 atom stereocenters. The summed E-state index contributed by atoms with van der Waals surface area (Å²) in [5.41, 5.74) is 1.98. The first-order valence-corrected chi connectivity index (χ1v) is 7.50. The van der Waals surface area contributed by atoms with Crippen molar-refractivity contribution < 1.29 is 24.3 Å². The minimum atomic E-state index is -0.589. The van der Waals surface area contributed by atoms with Crippen LogP contribution in [0.5, 0.6) is 11.5 Å². The van der Waals surface area contributed by atoms with E-state index in [-0.39, 0.29) is 30.2 Å². The van der Waals surface area contributed by atoms with Crippen LogP contribution >= 0.6 is 0 Å². The summed E-state index contributed by atoms with van der Waals surface area (Å²) in [6, 6.07) is 0. The number of methoxy groups -OCH3 is 2. The molecule has 7 heteroatoms. The van der Waals surface area contributed by atoms with Gasteiger partial charge >= 0.3 is 11.7 Å². The second-order valence-electron chi connectivity index (χ2n) is 5.55. The Hall–Kier alpha value is -2.57. The molecule has 0 radical (unpaired) electrons. The number of benzene rings is 1. The number of hydrogen-bond acceptors (Lipinski definition) is 6. The van der Waals surface area contributed by atoms with Crippen LogP contribution in [0.15, 0.2) is 11.6 Å². The van der Waals surface area contributed by atoms with E-state index in [1.807, 2.05) is 13.0 Å². The van der Waals surface area contributed by atoms with E-state index < -0.39 is 4.92 Å². The minimum absolute atomic E-state index is 0.259. The standard InChI is InChI=1S/C17H23NO6/c1-10(7-9-14(19)23-4)6-8-13-16(20)15(18(21)22)11(2)12(3)17(13)24-5/h6,20H,7-9H2,1-5H3/b10-6+. The van der Waals surface area contributed by atoms with Crippen molar-refractivity contribution >= 4 is 11.7 Å². The number of nitro groups is 1. The zero-order valence-corrected chi connectivity index (χ0v) is 14.6. The molecule has 1 aromatic rings. The third-order valence-electron chi connectivity index (χ3n) is 4.04. The fourth-order valence-corrected chi connectivity index (χ4v) is 2.47. The smallest absolute Gasteiger partial charge is 0.314 e. The van der Waals surface area contributed by atoms with E-state index in [2.05, 4.69) is 4.74 Å². The molecule has 0 aromatic heterocycles. The molecule has 0 aliphatic rings. The molecule has 0 saturated carbocycles. The molecule has 24 heavy (non-hydrogen) atoms. The molecule has 1 N–H and O–H groups in total. The highest BCUT2D eigenvalue weighted by molar-refractivity contribution is 5.69. The maximum absolute atomic E-state index is 11.2. The molecule has 0 bridgehead atoms. The Bertz CT molecular complexity index is 678. The quantitative estimate of drug-likeness (QED) is 0.354. The van der Waals surface area contributed by atoms with Crippen molar-refractivity contribution in [1.29, 1.82) is 0 Å². The van der Waals surface area contributed by atoms with Crippen LogP contribution in [0.1, 0.15) is 36.5 Å². The normalized spacial score (nSPS) is 11.3. The Balaban J connectivity index is 3.19. The van der Waals surface area contributed by atoms with Crippen molar-refractivity contribution in [3.05, 3.63) is 38.5 Å². The number of phenolic OH excluding ortho intramolecular Hbond substituents is 1. The predicted molar refractivity (Wildman–Crippen MR) is 89.5 cm³/mol. The van der Waals surface area contributed by atoms with Crippen molar-refractivity contribution in [2.24, 2.45) is 0 Å². The van der Waals surface area contributed by atoms with Gasteiger partial charge in [0.05, 0.1) is 19.1 Å². The Kier molecular flexibility index (Phi) is 6.76. The second kappa shape index (κ2) is 8.33. The average molecular weight is 337 g/mol. The molecule has 0 saturated heterocycles. The highest BCUT2D eigenvalue weighted by Gasteiger charge is 2.27. The van der Waals surface area contributed by atoms with Gasteiger partial charge < -0.3 is 14.6 Å². The molecule has 7 nitrogen and oxygen atoms in total. The summed E-state index contributed by atoms with van der Waals surface area (Å²) in [5.74, 6) is -0.241. The summed E-state index contributed by atoms with van der Waals surface area (Å²) in [7, 11) is 2.79. The lowest BCUT2D eigenvalue weighted by atomic mass is 9.97. The number of carbonyl (C=O) groups excluding carboxylic acids is 1. The van der Waals surface area contributed by atoms with Crippen LogP contribution in [0.2, 0.25) is 0 Å². The molecule has 0 unspecified atom stereocenters. The predicted octanol–water partition coefficient (Wildman–Crippen LogP) is 3.37. The molecule has 0 aliphatic heterocycles. The zero-order valence-electron chi connectivity index (χ0n) is 14.6. The van der Waals surface area contributed by atoms with E-state index in [1.54, 1.807) is 13.8 Å². The van der Waals surface area contributed by atoms with Gasteiger partial charge in [-0.1, -0.05) is 11.6 Å². The number of ether oxygens (including phenoxy) is 2. The SMILES string of the molecule is COC(=O)CC/C(C)=C/Cc1c(O)c([N+](=O)[O-])c(C)c(C)c1OC. The van der Waals surface area contributed by atoms with Crippen molar-refractivity contribution in [3.63, 3.8) is 0 Å². The summed E-state index contributed by atoms with van der Waals surface area (Å²) in [5, 5.41) is 21.6. The first kappa shape index (κ1) is 19.5. The Morgan fingerprint density at radius 3 is 2.38 bits per heavy atom. The third kappa shape index (κ3) is 4.24. The number of carbonyl (C=O) groups is 1. The Labute approximate surface area is 141 Å². The number of phenols is 1. The fraction of sp³-hybridized carbons (Fsp3) is 0.471. The average Bonchev–Trinajstić information content (AvgIpc) is 2.54. The van der Waals surface area contributed by atoms with Crippen LogP contribution in [-0.4, -0.2) is 30.2 Å². The molecule has 0 heterocycles. The topological polar surface area (TPSA) is 98.9 Å². The van der Waals surface area contributed by atoms with Gasteiger partial charge in [-0.15, -0.1) is 0 Å². The van der Waals surface area contributed by atoms with Gasteiger partial charge in [0.25, 0.3) is 0 Å². The van der Waals surface area contributed by atoms with Crippen molar-refractivity contribution in [2.75, 3.05) is 14.2 Å². The van der Waals surface area contributed by atoms with Crippen LogP contribution in [0.25, 0.3) is 0 Å². The van der Waals surface area contributed by atoms with E-state index in [0.717, 1.165) is 5.57 Å². The number of allylic oxidation sites excluding steroid dienone is 2. The molecule has 1 rings (SSSR count). The van der Waals surface area contributed by atoms with Crippen LogP contribution in [-0.2, 0) is 16.0 Å². The van der Waals surface area contributed by atoms with Crippen molar-refractivity contribution in [2.45, 2.75) is 40.0 Å². The van der Waals surface area contributed by atoms with Crippen molar-refractivity contribution in [3.8, 4) is 11.5 Å². The molecule has 0 aliphatic carbocycles. The molecular weight excluding hydrogens is 314 g/mol. The zero-order chi connectivity index (χ0) is 18.4. The first-order chi connectivity index (χ1) is 11.2. The number of rotatable bonds is 7. The van der Waals surface area contributed by atoms with Crippen LogP contribution < -0.4 is 4.74 Å². The third-order valence-corrected chi connectivity index (χ3v) is 4.04. The van der Waals surface area contributed by atoms with E-state index in [4.69, 9.17) is 4.74 Å².